The second-order valence-electron chi connectivity index (χ2n) is 6.41. The van der Waals surface area contributed by atoms with Crippen molar-refractivity contribution in [1.82, 2.24) is 0 Å². The molecule has 0 aliphatic rings. The zero-order valence-corrected chi connectivity index (χ0v) is 17.2. The third-order valence-electron chi connectivity index (χ3n) is 3.80. The molecule has 0 unspecified atom stereocenters. The van der Waals surface area contributed by atoms with Gasteiger partial charge in [0.05, 0.1) is 0 Å². The van der Waals surface area contributed by atoms with E-state index in [0.29, 0.717) is 9.91 Å². The Labute approximate surface area is 130 Å². The lowest BCUT2D eigenvalue weighted by Gasteiger charge is -2.32. The highest BCUT2D eigenvalue weighted by atomic mass is 32.1. The normalized spacial score (nSPS) is 15.0. The molecule has 2 nitrogen and oxygen atoms in total. The van der Waals surface area contributed by atoms with Gasteiger partial charge >= 0.3 is 9.28 Å². The minimum atomic E-state index is -1.49. The fourth-order valence-electron chi connectivity index (χ4n) is 1.83. The van der Waals surface area contributed by atoms with Gasteiger partial charge in [0.1, 0.15) is 0 Å². The molecular formula is C14H34O2SSi2. The maximum Gasteiger partial charge on any atom is 0.322 e. The van der Waals surface area contributed by atoms with Crippen molar-refractivity contribution in [3.8, 4) is 0 Å². The van der Waals surface area contributed by atoms with Crippen LogP contribution >= 0.6 is 12.6 Å². The zero-order chi connectivity index (χ0) is 14.9. The molecule has 0 aliphatic carbocycles. The van der Waals surface area contributed by atoms with Crippen LogP contribution in [0.15, 0.2) is 0 Å². The molecule has 0 saturated heterocycles. The van der Waals surface area contributed by atoms with E-state index in [1.54, 1.807) is 0 Å². The molecule has 0 aromatic rings. The second-order valence-corrected chi connectivity index (χ2v) is 13.0. The van der Waals surface area contributed by atoms with Crippen LogP contribution in [0.1, 0.15) is 54.4 Å². The first-order chi connectivity index (χ1) is 8.83. The van der Waals surface area contributed by atoms with E-state index < -0.39 is 9.28 Å². The quantitative estimate of drug-likeness (QED) is 0.464. The van der Waals surface area contributed by atoms with Crippen LogP contribution in [-0.2, 0) is 8.85 Å². The van der Waals surface area contributed by atoms with Crippen LogP contribution in [0.2, 0.25) is 11.1 Å². The maximum atomic E-state index is 5.93. The molecule has 0 aromatic heterocycles. The zero-order valence-electron chi connectivity index (χ0n) is 13.7. The average Bonchev–Trinajstić information content (AvgIpc) is 2.31. The van der Waals surface area contributed by atoms with E-state index in [4.69, 9.17) is 21.5 Å². The number of thiol groups is 1. The summed E-state index contributed by atoms with van der Waals surface area (Å²) in [5.41, 5.74) is 0. The Bertz CT molecular complexity index is 217. The highest BCUT2D eigenvalue weighted by molar-refractivity contribution is 7.82. The van der Waals surface area contributed by atoms with Crippen LogP contribution in [0.4, 0.5) is 0 Å². The molecule has 0 spiro atoms. The Hall–Kier alpha value is 0.704. The Morgan fingerprint density at radius 3 is 1.95 bits per heavy atom. The lowest BCUT2D eigenvalue weighted by Crippen LogP contribution is -2.33. The van der Waals surface area contributed by atoms with E-state index in [9.17, 15) is 0 Å². The van der Waals surface area contributed by atoms with Gasteiger partial charge in [-0.25, -0.2) is 0 Å². The lowest BCUT2D eigenvalue weighted by molar-refractivity contribution is 0.197. The highest BCUT2D eigenvalue weighted by Gasteiger charge is 2.28. The van der Waals surface area contributed by atoms with Crippen LogP contribution in [0, 0.1) is 5.92 Å². The average molecular weight is 323 g/mol. The first-order valence-corrected chi connectivity index (χ1v) is 11.5. The van der Waals surface area contributed by atoms with Crippen molar-refractivity contribution < 1.29 is 8.85 Å². The Morgan fingerprint density at radius 1 is 1.11 bits per heavy atom. The van der Waals surface area contributed by atoms with Crippen molar-refractivity contribution in [1.29, 1.82) is 0 Å². The Morgan fingerprint density at radius 2 is 1.58 bits per heavy atom. The molecule has 0 rings (SSSR count). The fraction of sp³-hybridized carbons (Fsp3) is 1.00. The van der Waals surface area contributed by atoms with Crippen LogP contribution in [0.3, 0.4) is 0 Å². The van der Waals surface area contributed by atoms with E-state index in [0.717, 1.165) is 38.0 Å². The summed E-state index contributed by atoms with van der Waals surface area (Å²) in [4.78, 5) is 0.530. The molecule has 19 heavy (non-hydrogen) atoms. The van der Waals surface area contributed by atoms with Gasteiger partial charge in [-0.2, -0.15) is 12.6 Å². The molecule has 116 valence electrons. The molecule has 0 N–H and O–H groups in total. The molecule has 0 heterocycles. The van der Waals surface area contributed by atoms with Crippen molar-refractivity contribution in [3.05, 3.63) is 0 Å². The van der Waals surface area contributed by atoms with Crippen molar-refractivity contribution in [2.75, 3.05) is 13.2 Å². The largest absolute Gasteiger partial charge is 0.397 e. The molecule has 0 amide bonds. The summed E-state index contributed by atoms with van der Waals surface area (Å²) in [7, 11) is -1.72. The van der Waals surface area contributed by atoms with Gasteiger partial charge in [-0.3, -0.25) is 0 Å². The maximum absolute atomic E-state index is 5.93. The molecular weight excluding hydrogens is 288 g/mol. The van der Waals surface area contributed by atoms with Gasteiger partial charge in [0, 0.05) is 22.7 Å². The van der Waals surface area contributed by atoms with Gasteiger partial charge in [-0.15, -0.1) is 0 Å². The van der Waals surface area contributed by atoms with E-state index in [2.05, 4.69) is 41.5 Å². The summed E-state index contributed by atoms with van der Waals surface area (Å²) in [6.45, 7) is 15.4. The molecule has 1 atom stereocenters. The summed E-state index contributed by atoms with van der Waals surface area (Å²) in [5, 5.41) is 0.473. The third-order valence-corrected chi connectivity index (χ3v) is 10.5. The lowest BCUT2D eigenvalue weighted by atomic mass is 9.99. The third kappa shape index (κ3) is 9.29. The van der Waals surface area contributed by atoms with E-state index >= 15 is 0 Å². The summed E-state index contributed by atoms with van der Waals surface area (Å²) in [5.74, 6) is 0.738. The van der Waals surface area contributed by atoms with Crippen molar-refractivity contribution in [2.45, 2.75) is 70.3 Å². The smallest absolute Gasteiger partial charge is 0.322 e. The van der Waals surface area contributed by atoms with Crippen molar-refractivity contribution in [3.63, 3.8) is 0 Å². The minimum absolute atomic E-state index is 0.234. The first kappa shape index (κ1) is 19.7. The number of rotatable bonds is 11. The molecule has 5 heteroatoms. The van der Waals surface area contributed by atoms with E-state index in [-0.39, 0.29) is 9.52 Å². The fourth-order valence-corrected chi connectivity index (χ4v) is 8.74. The van der Waals surface area contributed by atoms with Gasteiger partial charge in [0.2, 0.25) is 0 Å². The minimum Gasteiger partial charge on any atom is -0.397 e. The molecule has 0 fully saturated rings. The number of hydrogen-bond donors (Lipinski definition) is 1. The molecule has 0 aromatic carbocycles. The summed E-state index contributed by atoms with van der Waals surface area (Å²) in [6.07, 6.45) is 2.15. The van der Waals surface area contributed by atoms with Crippen LogP contribution in [0.5, 0.6) is 0 Å². The Balaban J connectivity index is 4.24. The predicted molar refractivity (Wildman–Crippen MR) is 94.6 cm³/mol. The topological polar surface area (TPSA) is 18.5 Å². The summed E-state index contributed by atoms with van der Waals surface area (Å²) in [6, 6.07) is 1.07. The second kappa shape index (κ2) is 10.4. The highest BCUT2D eigenvalue weighted by Crippen LogP contribution is 2.35. The monoisotopic (exact) mass is 322 g/mol. The molecule has 0 saturated carbocycles. The SMILES string of the molecule is CCCO[SiH](C[C@H](S)[SiH2]C(C)(C)C(C)C)OCCC. The first-order valence-electron chi connectivity index (χ1n) is 7.74. The van der Waals surface area contributed by atoms with Gasteiger partial charge in [0.15, 0.2) is 0 Å². The summed E-state index contributed by atoms with van der Waals surface area (Å²) < 4.78 is 11.9. The van der Waals surface area contributed by atoms with Crippen molar-refractivity contribution >= 4 is 31.4 Å². The molecule has 0 aliphatic heterocycles. The number of hydrogen-bond acceptors (Lipinski definition) is 3. The molecule has 0 bridgehead atoms. The molecule has 0 radical (unpaired) electrons. The van der Waals surface area contributed by atoms with Gasteiger partial charge in [-0.05, 0) is 34.7 Å². The van der Waals surface area contributed by atoms with Crippen LogP contribution in [-0.4, -0.2) is 36.9 Å². The van der Waals surface area contributed by atoms with Crippen LogP contribution in [0.25, 0.3) is 0 Å². The van der Waals surface area contributed by atoms with Gasteiger partial charge in [0.25, 0.3) is 0 Å². The predicted octanol–water partition coefficient (Wildman–Crippen LogP) is 3.34. The van der Waals surface area contributed by atoms with E-state index in [1.165, 1.54) is 0 Å². The standard InChI is InChI=1S/C14H34O2SSi2/c1-7-9-15-19(16-10-8-2)11-13(17)18-14(5,6)12(3)4/h12-13,17,19H,7-11,18H2,1-6H3/t13-/m1/s1. The van der Waals surface area contributed by atoms with E-state index in [1.807, 2.05) is 0 Å². The van der Waals surface area contributed by atoms with Crippen molar-refractivity contribution in [2.24, 2.45) is 5.92 Å². The van der Waals surface area contributed by atoms with Gasteiger partial charge in [-0.1, -0.05) is 41.5 Å². The van der Waals surface area contributed by atoms with Crippen LogP contribution < -0.4 is 0 Å². The Kier molecular flexibility index (Phi) is 10.8. The van der Waals surface area contributed by atoms with Gasteiger partial charge < -0.3 is 8.85 Å². The summed E-state index contributed by atoms with van der Waals surface area (Å²) >= 11 is 4.84.